The minimum Gasteiger partial charge on any atom is -0.466 e. The number of dihydropyridines is 1. The molecule has 2 aromatic carbocycles. The van der Waals surface area contributed by atoms with Gasteiger partial charge in [0.05, 0.1) is 24.2 Å². The number of esters is 2. The summed E-state index contributed by atoms with van der Waals surface area (Å²) >= 11 is 0. The summed E-state index contributed by atoms with van der Waals surface area (Å²) in [5, 5.41) is 3.17. The topological polar surface area (TPSA) is 67.9 Å². The lowest BCUT2D eigenvalue weighted by Crippen LogP contribution is -2.33. The average molecular weight is 449 g/mol. The molecule has 0 saturated carbocycles. The van der Waals surface area contributed by atoms with Gasteiger partial charge < -0.3 is 14.8 Å². The van der Waals surface area contributed by atoms with Crippen LogP contribution in [-0.2, 0) is 25.6 Å². The van der Waals surface area contributed by atoms with E-state index in [1.807, 2.05) is 70.3 Å². The Morgan fingerprint density at radius 3 is 2.24 bits per heavy atom. The minimum absolute atomic E-state index is 0.246. The first-order valence-corrected chi connectivity index (χ1v) is 11.0. The number of nitrogens with zero attached hydrogens (tertiary/aromatic N) is 1. The minimum atomic E-state index is -0.562. The summed E-state index contributed by atoms with van der Waals surface area (Å²) in [5.41, 5.74) is 5.28. The molecular formula is C27H32N2O4. The molecule has 6 heteroatoms. The van der Waals surface area contributed by atoms with Gasteiger partial charge >= 0.3 is 11.9 Å². The molecule has 0 bridgehead atoms. The van der Waals surface area contributed by atoms with E-state index in [9.17, 15) is 9.59 Å². The molecule has 1 N–H and O–H groups in total. The van der Waals surface area contributed by atoms with Crippen LogP contribution in [0.2, 0.25) is 0 Å². The Morgan fingerprint density at radius 2 is 1.61 bits per heavy atom. The Bertz CT molecular complexity index is 1070. The molecule has 1 aliphatic rings. The number of benzene rings is 2. The van der Waals surface area contributed by atoms with Crippen molar-refractivity contribution in [2.75, 3.05) is 27.3 Å². The molecule has 33 heavy (non-hydrogen) atoms. The Kier molecular flexibility index (Phi) is 8.06. The Morgan fingerprint density at radius 1 is 0.939 bits per heavy atom. The predicted octanol–water partition coefficient (Wildman–Crippen LogP) is 4.08. The van der Waals surface area contributed by atoms with Gasteiger partial charge in [-0.2, -0.15) is 0 Å². The van der Waals surface area contributed by atoms with Crippen LogP contribution in [-0.4, -0.2) is 44.1 Å². The SMILES string of the molecule is COC(=O)C1=C(C)NC(C)=C(C(=O)OCCN(C)Cc2ccccc2)C1c1cccc(C)c1. The van der Waals surface area contributed by atoms with Crippen LogP contribution in [0.1, 0.15) is 36.5 Å². The van der Waals surface area contributed by atoms with Crippen LogP contribution in [0, 0.1) is 6.92 Å². The Balaban J connectivity index is 1.79. The molecule has 0 spiro atoms. The molecule has 6 nitrogen and oxygen atoms in total. The van der Waals surface area contributed by atoms with E-state index in [1.165, 1.54) is 12.7 Å². The number of aryl methyl sites for hydroxylation is 1. The predicted molar refractivity (Wildman–Crippen MR) is 128 cm³/mol. The zero-order chi connectivity index (χ0) is 24.0. The largest absolute Gasteiger partial charge is 0.466 e. The standard InChI is InChI=1S/C27H32N2O4/c1-18-10-9-13-22(16-18)25-23(26(30)32-5)19(2)28-20(3)24(25)27(31)33-15-14-29(4)17-21-11-7-6-8-12-21/h6-13,16,25,28H,14-15,17H2,1-5H3. The van der Waals surface area contributed by atoms with E-state index in [4.69, 9.17) is 9.47 Å². The van der Waals surface area contributed by atoms with Gasteiger partial charge in [-0.05, 0) is 38.9 Å². The third-order valence-electron chi connectivity index (χ3n) is 5.76. The highest BCUT2D eigenvalue weighted by atomic mass is 16.5. The third kappa shape index (κ3) is 5.90. The van der Waals surface area contributed by atoms with Gasteiger partial charge in [0.25, 0.3) is 0 Å². The summed E-state index contributed by atoms with van der Waals surface area (Å²) in [6, 6.07) is 18.0. The van der Waals surface area contributed by atoms with E-state index in [2.05, 4.69) is 22.3 Å². The molecule has 0 amide bonds. The fraction of sp³-hybridized carbons (Fsp3) is 0.333. The zero-order valence-corrected chi connectivity index (χ0v) is 20.0. The molecule has 174 valence electrons. The number of nitrogens with one attached hydrogen (secondary N) is 1. The normalized spacial score (nSPS) is 16.0. The molecule has 3 rings (SSSR count). The molecule has 1 atom stereocenters. The van der Waals surface area contributed by atoms with Gasteiger partial charge in [-0.15, -0.1) is 0 Å². The summed E-state index contributed by atoms with van der Waals surface area (Å²) < 4.78 is 10.7. The fourth-order valence-corrected chi connectivity index (χ4v) is 4.17. The number of hydrogen-bond donors (Lipinski definition) is 1. The summed E-state index contributed by atoms with van der Waals surface area (Å²) in [4.78, 5) is 28.1. The second-order valence-corrected chi connectivity index (χ2v) is 8.40. The highest BCUT2D eigenvalue weighted by Gasteiger charge is 2.37. The molecule has 1 unspecified atom stereocenters. The molecule has 0 radical (unpaired) electrons. The molecule has 1 aliphatic heterocycles. The number of likely N-dealkylation sites (N-methyl/N-ethyl adjacent to an activating group) is 1. The number of rotatable bonds is 8. The monoisotopic (exact) mass is 448 g/mol. The van der Waals surface area contributed by atoms with Crippen LogP contribution in [0.25, 0.3) is 0 Å². The van der Waals surface area contributed by atoms with Crippen LogP contribution >= 0.6 is 0 Å². The van der Waals surface area contributed by atoms with Gasteiger partial charge in [-0.1, -0.05) is 60.2 Å². The van der Waals surface area contributed by atoms with E-state index in [0.29, 0.717) is 29.1 Å². The molecule has 0 aliphatic carbocycles. The average Bonchev–Trinajstić information content (AvgIpc) is 2.78. The fourth-order valence-electron chi connectivity index (χ4n) is 4.17. The third-order valence-corrected chi connectivity index (χ3v) is 5.76. The van der Waals surface area contributed by atoms with Crippen molar-refractivity contribution in [1.29, 1.82) is 0 Å². The highest BCUT2D eigenvalue weighted by Crippen LogP contribution is 2.39. The van der Waals surface area contributed by atoms with Crippen molar-refractivity contribution in [2.45, 2.75) is 33.2 Å². The Hall–Kier alpha value is -3.38. The van der Waals surface area contributed by atoms with Crippen molar-refractivity contribution in [3.63, 3.8) is 0 Å². The van der Waals surface area contributed by atoms with Crippen molar-refractivity contribution in [3.8, 4) is 0 Å². The van der Waals surface area contributed by atoms with E-state index in [1.54, 1.807) is 0 Å². The van der Waals surface area contributed by atoms with Gasteiger partial charge in [-0.25, -0.2) is 9.59 Å². The van der Waals surface area contributed by atoms with E-state index in [0.717, 1.165) is 17.7 Å². The number of allylic oxidation sites excluding steroid dienone is 2. The first-order valence-electron chi connectivity index (χ1n) is 11.0. The number of carbonyl (C=O) groups excluding carboxylic acids is 2. The van der Waals surface area contributed by atoms with Crippen LogP contribution in [0.5, 0.6) is 0 Å². The van der Waals surface area contributed by atoms with Crippen molar-refractivity contribution < 1.29 is 19.1 Å². The Labute approximate surface area is 195 Å². The van der Waals surface area contributed by atoms with Gasteiger partial charge in [0.15, 0.2) is 0 Å². The second kappa shape index (κ2) is 11.0. The maximum atomic E-state index is 13.3. The van der Waals surface area contributed by atoms with Crippen molar-refractivity contribution in [2.24, 2.45) is 0 Å². The molecule has 1 heterocycles. The van der Waals surface area contributed by atoms with Gasteiger partial charge in [0, 0.05) is 24.5 Å². The molecule has 0 aromatic heterocycles. The highest BCUT2D eigenvalue weighted by molar-refractivity contribution is 5.99. The zero-order valence-electron chi connectivity index (χ0n) is 20.0. The maximum Gasteiger partial charge on any atom is 0.336 e. The van der Waals surface area contributed by atoms with Crippen molar-refractivity contribution in [3.05, 3.63) is 93.8 Å². The van der Waals surface area contributed by atoms with Gasteiger partial charge in [-0.3, -0.25) is 4.90 Å². The lowest BCUT2D eigenvalue weighted by atomic mass is 9.80. The van der Waals surface area contributed by atoms with E-state index < -0.39 is 17.9 Å². The van der Waals surface area contributed by atoms with E-state index in [-0.39, 0.29) is 6.61 Å². The molecule has 2 aromatic rings. The number of ether oxygens (including phenoxy) is 2. The smallest absolute Gasteiger partial charge is 0.336 e. The second-order valence-electron chi connectivity index (χ2n) is 8.40. The van der Waals surface area contributed by atoms with Crippen molar-refractivity contribution >= 4 is 11.9 Å². The van der Waals surface area contributed by atoms with Crippen LogP contribution in [0.3, 0.4) is 0 Å². The summed E-state index contributed by atoms with van der Waals surface area (Å²) in [7, 11) is 3.34. The first kappa shape index (κ1) is 24.3. The quantitative estimate of drug-likeness (QED) is 0.614. The van der Waals surface area contributed by atoms with Gasteiger partial charge in [0.2, 0.25) is 0 Å². The number of methoxy groups -OCH3 is 1. The molecule has 0 fully saturated rings. The summed E-state index contributed by atoms with van der Waals surface area (Å²) in [6.07, 6.45) is 0. The summed E-state index contributed by atoms with van der Waals surface area (Å²) in [5.74, 6) is -1.46. The maximum absolute atomic E-state index is 13.3. The lowest BCUT2D eigenvalue weighted by molar-refractivity contribution is -0.139. The van der Waals surface area contributed by atoms with Crippen LogP contribution in [0.15, 0.2) is 77.1 Å². The first-order chi connectivity index (χ1) is 15.8. The van der Waals surface area contributed by atoms with E-state index >= 15 is 0 Å². The van der Waals surface area contributed by atoms with Crippen LogP contribution in [0.4, 0.5) is 0 Å². The van der Waals surface area contributed by atoms with Gasteiger partial charge in [0.1, 0.15) is 6.61 Å². The lowest BCUT2D eigenvalue weighted by Gasteiger charge is -2.30. The van der Waals surface area contributed by atoms with Crippen molar-refractivity contribution in [1.82, 2.24) is 10.2 Å². The summed E-state index contributed by atoms with van der Waals surface area (Å²) in [6.45, 7) is 7.24. The number of carbonyl (C=O) groups is 2. The van der Waals surface area contributed by atoms with Crippen LogP contribution < -0.4 is 5.32 Å². The molecular weight excluding hydrogens is 416 g/mol. The number of hydrogen-bond acceptors (Lipinski definition) is 6. The molecule has 0 saturated heterocycles.